The van der Waals surface area contributed by atoms with Crippen LogP contribution < -0.4 is 5.73 Å². The number of para-hydroxylation sites is 1. The Kier molecular flexibility index (Phi) is 2.27. The van der Waals surface area contributed by atoms with Crippen LogP contribution in [0.3, 0.4) is 0 Å². The number of imidazole rings is 1. The predicted molar refractivity (Wildman–Crippen MR) is 53.5 cm³/mol. The average Bonchev–Trinajstić information content (AvgIpc) is 2.62. The first-order valence-electron chi connectivity index (χ1n) is 4.53. The highest BCUT2D eigenvalue weighted by molar-refractivity contribution is 5.78. The van der Waals surface area contributed by atoms with E-state index >= 15 is 0 Å². The van der Waals surface area contributed by atoms with E-state index in [4.69, 9.17) is 5.73 Å². The first-order valence-corrected chi connectivity index (χ1v) is 4.53. The van der Waals surface area contributed by atoms with Gasteiger partial charge in [-0.1, -0.05) is 12.1 Å². The molecule has 1 aromatic carbocycles. The van der Waals surface area contributed by atoms with Gasteiger partial charge in [0.1, 0.15) is 0 Å². The third-order valence-corrected chi connectivity index (χ3v) is 2.18. The number of hydrogen-bond donors (Lipinski definition) is 2. The van der Waals surface area contributed by atoms with E-state index < -0.39 is 0 Å². The van der Waals surface area contributed by atoms with Crippen molar-refractivity contribution < 1.29 is 0 Å². The maximum Gasteiger partial charge on any atom is 0.0931 e. The summed E-state index contributed by atoms with van der Waals surface area (Å²) < 4.78 is 0. The summed E-state index contributed by atoms with van der Waals surface area (Å²) in [5, 5.41) is 0. The molecule has 0 aliphatic heterocycles. The summed E-state index contributed by atoms with van der Waals surface area (Å²) in [4.78, 5) is 7.37. The standard InChI is InChI=1S/C10H13N3/c11-6-2-4-8-3-1-5-9-10(8)13-7-12-9/h1,3,5,7H,2,4,6,11H2,(H,12,13). The van der Waals surface area contributed by atoms with Crippen LogP contribution in [0.25, 0.3) is 11.0 Å². The van der Waals surface area contributed by atoms with Crippen LogP contribution in [-0.2, 0) is 6.42 Å². The topological polar surface area (TPSA) is 54.7 Å². The number of aryl methyl sites for hydroxylation is 1. The lowest BCUT2D eigenvalue weighted by Gasteiger charge is -1.99. The summed E-state index contributed by atoms with van der Waals surface area (Å²) in [7, 11) is 0. The molecule has 68 valence electrons. The summed E-state index contributed by atoms with van der Waals surface area (Å²) in [6.07, 6.45) is 3.77. The monoisotopic (exact) mass is 175 g/mol. The Labute approximate surface area is 77.0 Å². The van der Waals surface area contributed by atoms with Gasteiger partial charge < -0.3 is 10.7 Å². The Bertz CT molecular complexity index is 392. The van der Waals surface area contributed by atoms with Crippen LogP contribution >= 0.6 is 0 Å². The largest absolute Gasteiger partial charge is 0.345 e. The summed E-state index contributed by atoms with van der Waals surface area (Å²) in [6, 6.07) is 6.19. The lowest BCUT2D eigenvalue weighted by atomic mass is 10.1. The Morgan fingerprint density at radius 3 is 3.15 bits per heavy atom. The lowest BCUT2D eigenvalue weighted by Crippen LogP contribution is -2.00. The number of aromatic amines is 1. The van der Waals surface area contributed by atoms with E-state index in [2.05, 4.69) is 16.0 Å². The zero-order valence-corrected chi connectivity index (χ0v) is 7.46. The van der Waals surface area contributed by atoms with E-state index in [0.29, 0.717) is 0 Å². The molecule has 1 aromatic heterocycles. The van der Waals surface area contributed by atoms with Gasteiger partial charge in [0.05, 0.1) is 17.4 Å². The fourth-order valence-corrected chi connectivity index (χ4v) is 1.52. The van der Waals surface area contributed by atoms with Crippen molar-refractivity contribution in [3.63, 3.8) is 0 Å². The molecule has 3 N–H and O–H groups in total. The quantitative estimate of drug-likeness (QED) is 0.741. The second-order valence-corrected chi connectivity index (χ2v) is 3.11. The molecule has 1 heterocycles. The number of benzene rings is 1. The van der Waals surface area contributed by atoms with Crippen LogP contribution in [-0.4, -0.2) is 16.5 Å². The van der Waals surface area contributed by atoms with Crippen LogP contribution in [0.15, 0.2) is 24.5 Å². The normalized spacial score (nSPS) is 10.8. The summed E-state index contributed by atoms with van der Waals surface area (Å²) in [5.74, 6) is 0. The second-order valence-electron chi connectivity index (χ2n) is 3.11. The molecule has 2 aromatic rings. The van der Waals surface area contributed by atoms with Crippen molar-refractivity contribution in [2.24, 2.45) is 5.73 Å². The third-order valence-electron chi connectivity index (χ3n) is 2.18. The lowest BCUT2D eigenvalue weighted by molar-refractivity contribution is 0.836. The number of hydrogen-bond acceptors (Lipinski definition) is 2. The molecular weight excluding hydrogens is 162 g/mol. The van der Waals surface area contributed by atoms with E-state index in [9.17, 15) is 0 Å². The van der Waals surface area contributed by atoms with Crippen LogP contribution in [0, 0.1) is 0 Å². The molecule has 3 nitrogen and oxygen atoms in total. The Morgan fingerprint density at radius 1 is 1.38 bits per heavy atom. The average molecular weight is 175 g/mol. The maximum absolute atomic E-state index is 5.47. The molecule has 0 atom stereocenters. The fraction of sp³-hybridized carbons (Fsp3) is 0.300. The van der Waals surface area contributed by atoms with Crippen LogP contribution in [0.1, 0.15) is 12.0 Å². The highest BCUT2D eigenvalue weighted by Crippen LogP contribution is 2.15. The van der Waals surface area contributed by atoms with Gasteiger partial charge in [-0.15, -0.1) is 0 Å². The molecule has 0 saturated heterocycles. The van der Waals surface area contributed by atoms with Gasteiger partial charge in [0.15, 0.2) is 0 Å². The van der Waals surface area contributed by atoms with Crippen molar-refractivity contribution in [1.82, 2.24) is 9.97 Å². The Morgan fingerprint density at radius 2 is 2.31 bits per heavy atom. The molecular formula is C10H13N3. The number of nitrogens with two attached hydrogens (primary N) is 1. The molecule has 0 radical (unpaired) electrons. The van der Waals surface area contributed by atoms with Gasteiger partial charge in [-0.3, -0.25) is 0 Å². The molecule has 0 saturated carbocycles. The van der Waals surface area contributed by atoms with Crippen molar-refractivity contribution >= 4 is 11.0 Å². The third kappa shape index (κ3) is 1.55. The molecule has 0 unspecified atom stereocenters. The van der Waals surface area contributed by atoms with E-state index in [1.54, 1.807) is 6.33 Å². The number of rotatable bonds is 3. The van der Waals surface area contributed by atoms with Gasteiger partial charge in [-0.2, -0.15) is 0 Å². The van der Waals surface area contributed by atoms with E-state index in [1.165, 1.54) is 5.56 Å². The van der Waals surface area contributed by atoms with Crippen LogP contribution in [0.5, 0.6) is 0 Å². The molecule has 0 fully saturated rings. The summed E-state index contributed by atoms with van der Waals surface area (Å²) >= 11 is 0. The second kappa shape index (κ2) is 3.58. The smallest absolute Gasteiger partial charge is 0.0931 e. The van der Waals surface area contributed by atoms with Gasteiger partial charge in [-0.25, -0.2) is 4.98 Å². The number of H-pyrrole nitrogens is 1. The first-order chi connectivity index (χ1) is 6.42. The zero-order chi connectivity index (χ0) is 9.10. The van der Waals surface area contributed by atoms with Gasteiger partial charge in [0.25, 0.3) is 0 Å². The number of aromatic nitrogens is 2. The van der Waals surface area contributed by atoms with Crippen molar-refractivity contribution in [3.05, 3.63) is 30.1 Å². The molecule has 0 aliphatic rings. The van der Waals surface area contributed by atoms with E-state index in [-0.39, 0.29) is 0 Å². The molecule has 3 heteroatoms. The molecule has 0 bridgehead atoms. The van der Waals surface area contributed by atoms with Crippen LogP contribution in [0.2, 0.25) is 0 Å². The Balaban J connectivity index is 2.37. The number of nitrogens with one attached hydrogen (secondary N) is 1. The van der Waals surface area contributed by atoms with Crippen molar-refractivity contribution in [2.75, 3.05) is 6.54 Å². The summed E-state index contributed by atoms with van der Waals surface area (Å²) in [6.45, 7) is 0.737. The molecule has 0 spiro atoms. The minimum Gasteiger partial charge on any atom is -0.345 e. The zero-order valence-electron chi connectivity index (χ0n) is 7.46. The highest BCUT2D eigenvalue weighted by atomic mass is 14.9. The molecule has 0 amide bonds. The van der Waals surface area contributed by atoms with E-state index in [0.717, 1.165) is 30.4 Å². The number of fused-ring (bicyclic) bond motifs is 1. The van der Waals surface area contributed by atoms with Gasteiger partial charge >= 0.3 is 0 Å². The molecule has 2 rings (SSSR count). The van der Waals surface area contributed by atoms with Crippen molar-refractivity contribution in [1.29, 1.82) is 0 Å². The maximum atomic E-state index is 5.47. The fourth-order valence-electron chi connectivity index (χ4n) is 1.52. The van der Waals surface area contributed by atoms with Crippen molar-refractivity contribution in [3.8, 4) is 0 Å². The SMILES string of the molecule is NCCCc1cccc2[nH]cnc12. The van der Waals surface area contributed by atoms with E-state index in [1.807, 2.05) is 12.1 Å². The van der Waals surface area contributed by atoms with Gasteiger partial charge in [0, 0.05) is 0 Å². The predicted octanol–water partition coefficient (Wildman–Crippen LogP) is 1.45. The highest BCUT2D eigenvalue weighted by Gasteiger charge is 2.01. The molecule has 13 heavy (non-hydrogen) atoms. The summed E-state index contributed by atoms with van der Waals surface area (Å²) in [5.41, 5.74) is 8.93. The van der Waals surface area contributed by atoms with Gasteiger partial charge in [-0.05, 0) is 31.0 Å². The first kappa shape index (κ1) is 8.26. The minimum absolute atomic E-state index is 0.737. The van der Waals surface area contributed by atoms with Gasteiger partial charge in [0.2, 0.25) is 0 Å². The van der Waals surface area contributed by atoms with Crippen molar-refractivity contribution in [2.45, 2.75) is 12.8 Å². The Hall–Kier alpha value is -1.35. The minimum atomic E-state index is 0.737. The van der Waals surface area contributed by atoms with Crippen LogP contribution in [0.4, 0.5) is 0 Å². The number of nitrogens with zero attached hydrogens (tertiary/aromatic N) is 1. The molecule has 0 aliphatic carbocycles.